The molecule has 1 amide bonds. The minimum absolute atomic E-state index is 0.0801. The van der Waals surface area contributed by atoms with Crippen LogP contribution in [0.4, 0.5) is 11.8 Å². The molecular formula is C16H23N7O2. The number of aliphatic hydroxyl groups is 1. The molecule has 3 heterocycles. The summed E-state index contributed by atoms with van der Waals surface area (Å²) in [6.07, 6.45) is 3.91. The minimum Gasteiger partial charge on any atom is -0.391 e. The third-order valence-electron chi connectivity index (χ3n) is 4.18. The number of nitrogens with zero attached hydrogens (tertiary/aromatic N) is 4. The number of hydrogen-bond donors (Lipinski definition) is 4. The molecule has 25 heavy (non-hydrogen) atoms. The van der Waals surface area contributed by atoms with Gasteiger partial charge in [-0.05, 0) is 18.9 Å². The van der Waals surface area contributed by atoms with Crippen LogP contribution >= 0.6 is 0 Å². The van der Waals surface area contributed by atoms with E-state index in [-0.39, 0.29) is 18.0 Å². The summed E-state index contributed by atoms with van der Waals surface area (Å²) in [7, 11) is 0. The molecule has 2 aromatic heterocycles. The summed E-state index contributed by atoms with van der Waals surface area (Å²) >= 11 is 0. The Morgan fingerprint density at radius 3 is 3.16 bits per heavy atom. The maximum atomic E-state index is 12.1. The van der Waals surface area contributed by atoms with Crippen molar-refractivity contribution in [1.29, 1.82) is 0 Å². The second-order valence-electron chi connectivity index (χ2n) is 6.15. The van der Waals surface area contributed by atoms with E-state index in [9.17, 15) is 9.90 Å². The summed E-state index contributed by atoms with van der Waals surface area (Å²) in [5, 5.41) is 19.2. The fourth-order valence-corrected chi connectivity index (χ4v) is 2.94. The van der Waals surface area contributed by atoms with E-state index < -0.39 is 0 Å². The molecule has 134 valence electrons. The zero-order chi connectivity index (χ0) is 17.6. The number of nitrogen functional groups attached to an aromatic ring is 1. The highest BCUT2D eigenvalue weighted by atomic mass is 16.3. The van der Waals surface area contributed by atoms with Gasteiger partial charge in [-0.1, -0.05) is 6.07 Å². The van der Waals surface area contributed by atoms with Gasteiger partial charge in [-0.25, -0.2) is 4.98 Å². The standard InChI is InChI=1S/C16H23N7O2/c17-16-20-13(21-22-16)5-6-14(25)19-9-11-3-1-7-18-15(11)23-8-2-4-12(24)10-23/h1,3,7,12,24H,2,4-6,8-10H2,(H,19,25)(H3,17,20,21,22). The van der Waals surface area contributed by atoms with E-state index >= 15 is 0 Å². The number of carbonyl (C=O) groups excluding carboxylic acids is 1. The number of carbonyl (C=O) groups is 1. The van der Waals surface area contributed by atoms with Gasteiger partial charge in [0.05, 0.1) is 6.10 Å². The molecule has 3 rings (SSSR count). The Morgan fingerprint density at radius 1 is 1.52 bits per heavy atom. The van der Waals surface area contributed by atoms with E-state index in [0.717, 1.165) is 30.8 Å². The van der Waals surface area contributed by atoms with Gasteiger partial charge in [0.15, 0.2) is 0 Å². The van der Waals surface area contributed by atoms with Gasteiger partial charge >= 0.3 is 0 Å². The lowest BCUT2D eigenvalue weighted by molar-refractivity contribution is -0.121. The highest BCUT2D eigenvalue weighted by Crippen LogP contribution is 2.21. The van der Waals surface area contributed by atoms with Crippen LogP contribution in [0.5, 0.6) is 0 Å². The Kier molecular flexibility index (Phi) is 5.44. The monoisotopic (exact) mass is 345 g/mol. The molecule has 1 atom stereocenters. The number of piperidine rings is 1. The molecule has 0 spiro atoms. The van der Waals surface area contributed by atoms with Crippen LogP contribution < -0.4 is 16.0 Å². The first-order valence-corrected chi connectivity index (χ1v) is 8.42. The van der Waals surface area contributed by atoms with Crippen molar-refractivity contribution >= 4 is 17.7 Å². The van der Waals surface area contributed by atoms with Gasteiger partial charge in [-0.15, -0.1) is 5.10 Å². The van der Waals surface area contributed by atoms with Crippen LogP contribution in [-0.4, -0.2) is 50.4 Å². The molecule has 1 fully saturated rings. The van der Waals surface area contributed by atoms with Crippen LogP contribution in [0.3, 0.4) is 0 Å². The molecule has 0 aromatic carbocycles. The fourth-order valence-electron chi connectivity index (χ4n) is 2.94. The van der Waals surface area contributed by atoms with Gasteiger partial charge in [0.25, 0.3) is 0 Å². The fraction of sp³-hybridized carbons (Fsp3) is 0.500. The summed E-state index contributed by atoms with van der Waals surface area (Å²) in [6.45, 7) is 1.83. The number of H-pyrrole nitrogens is 1. The van der Waals surface area contributed by atoms with Crippen LogP contribution in [0.25, 0.3) is 0 Å². The topological polar surface area (TPSA) is 133 Å². The maximum Gasteiger partial charge on any atom is 0.239 e. The number of hydrogen-bond acceptors (Lipinski definition) is 7. The van der Waals surface area contributed by atoms with E-state index in [1.54, 1.807) is 6.20 Å². The van der Waals surface area contributed by atoms with E-state index in [1.165, 1.54) is 0 Å². The summed E-state index contributed by atoms with van der Waals surface area (Å²) in [5.74, 6) is 1.52. The first kappa shape index (κ1) is 17.2. The second kappa shape index (κ2) is 7.93. The Hall–Kier alpha value is -2.68. The van der Waals surface area contributed by atoms with Crippen molar-refractivity contribution in [3.63, 3.8) is 0 Å². The van der Waals surface area contributed by atoms with E-state index in [2.05, 4.69) is 30.4 Å². The average molecular weight is 345 g/mol. The lowest BCUT2D eigenvalue weighted by Gasteiger charge is -2.32. The second-order valence-corrected chi connectivity index (χ2v) is 6.15. The highest BCUT2D eigenvalue weighted by molar-refractivity contribution is 5.76. The third-order valence-corrected chi connectivity index (χ3v) is 4.18. The van der Waals surface area contributed by atoms with Crippen LogP contribution in [0.2, 0.25) is 0 Å². The number of aromatic amines is 1. The van der Waals surface area contributed by atoms with Crippen molar-refractivity contribution in [1.82, 2.24) is 25.5 Å². The number of anilines is 2. The largest absolute Gasteiger partial charge is 0.391 e. The number of nitrogens with two attached hydrogens (primary N) is 1. The maximum absolute atomic E-state index is 12.1. The molecule has 1 saturated heterocycles. The number of pyridine rings is 1. The Morgan fingerprint density at radius 2 is 2.40 bits per heavy atom. The number of amides is 1. The first-order chi connectivity index (χ1) is 12.1. The number of rotatable bonds is 6. The zero-order valence-electron chi connectivity index (χ0n) is 14.0. The van der Waals surface area contributed by atoms with E-state index in [4.69, 9.17) is 5.73 Å². The quantitative estimate of drug-likeness (QED) is 0.579. The Labute approximate surface area is 145 Å². The first-order valence-electron chi connectivity index (χ1n) is 8.42. The predicted molar refractivity (Wildman–Crippen MR) is 92.7 cm³/mol. The number of aromatic nitrogens is 4. The Bertz CT molecular complexity index is 718. The van der Waals surface area contributed by atoms with Crippen molar-refractivity contribution in [3.05, 3.63) is 29.7 Å². The molecule has 0 aliphatic carbocycles. The summed E-state index contributed by atoms with van der Waals surface area (Å²) < 4.78 is 0. The zero-order valence-corrected chi connectivity index (χ0v) is 14.0. The van der Waals surface area contributed by atoms with Gasteiger partial charge in [-0.3, -0.25) is 9.89 Å². The molecule has 0 bridgehead atoms. The van der Waals surface area contributed by atoms with Crippen molar-refractivity contribution in [2.24, 2.45) is 0 Å². The molecule has 1 unspecified atom stereocenters. The molecule has 0 saturated carbocycles. The van der Waals surface area contributed by atoms with Crippen molar-refractivity contribution < 1.29 is 9.90 Å². The van der Waals surface area contributed by atoms with Crippen LogP contribution in [0.15, 0.2) is 18.3 Å². The number of nitrogens with one attached hydrogen (secondary N) is 2. The van der Waals surface area contributed by atoms with Gasteiger partial charge < -0.3 is 21.1 Å². The smallest absolute Gasteiger partial charge is 0.239 e. The number of β-amino-alcohol motifs (C(OH)–C–C–N with tert-alkyl or cyclic N) is 1. The number of aryl methyl sites for hydroxylation is 1. The summed E-state index contributed by atoms with van der Waals surface area (Å²) in [6, 6.07) is 3.80. The van der Waals surface area contributed by atoms with Crippen LogP contribution in [0, 0.1) is 0 Å². The van der Waals surface area contributed by atoms with Crippen molar-refractivity contribution in [2.75, 3.05) is 23.7 Å². The lowest BCUT2D eigenvalue weighted by atomic mass is 10.1. The van der Waals surface area contributed by atoms with E-state index in [0.29, 0.717) is 31.8 Å². The Balaban J connectivity index is 1.54. The molecule has 2 aromatic rings. The van der Waals surface area contributed by atoms with Crippen molar-refractivity contribution in [3.8, 4) is 0 Å². The molecule has 1 aliphatic heterocycles. The van der Waals surface area contributed by atoms with Gasteiger partial charge in [-0.2, -0.15) is 4.98 Å². The van der Waals surface area contributed by atoms with Crippen molar-refractivity contribution in [2.45, 2.75) is 38.3 Å². The highest BCUT2D eigenvalue weighted by Gasteiger charge is 2.21. The lowest BCUT2D eigenvalue weighted by Crippen LogP contribution is -2.39. The van der Waals surface area contributed by atoms with Gasteiger partial charge in [0.2, 0.25) is 11.9 Å². The average Bonchev–Trinajstić information content (AvgIpc) is 3.04. The summed E-state index contributed by atoms with van der Waals surface area (Å²) in [4.78, 5) is 22.5. The third kappa shape index (κ3) is 4.66. The van der Waals surface area contributed by atoms with Gasteiger partial charge in [0, 0.05) is 44.2 Å². The predicted octanol–water partition coefficient (Wildman–Crippen LogP) is -0.00800. The number of aliphatic hydroxyl groups excluding tert-OH is 1. The minimum atomic E-state index is -0.326. The molecule has 9 nitrogen and oxygen atoms in total. The normalized spacial score (nSPS) is 17.5. The van der Waals surface area contributed by atoms with E-state index in [1.807, 2.05) is 12.1 Å². The SMILES string of the molecule is Nc1n[nH]c(CCC(=O)NCc2cccnc2N2CCCC(O)C2)n1. The summed E-state index contributed by atoms with van der Waals surface area (Å²) in [5.41, 5.74) is 6.37. The molecule has 5 N–H and O–H groups in total. The van der Waals surface area contributed by atoms with Gasteiger partial charge in [0.1, 0.15) is 11.6 Å². The molecule has 9 heteroatoms. The molecular weight excluding hydrogens is 322 g/mol. The van der Waals surface area contributed by atoms with Crippen LogP contribution in [0.1, 0.15) is 30.7 Å². The molecule has 0 radical (unpaired) electrons. The molecule has 1 aliphatic rings. The van der Waals surface area contributed by atoms with Crippen LogP contribution in [-0.2, 0) is 17.8 Å².